The molecule has 0 fully saturated rings. The van der Waals surface area contributed by atoms with Gasteiger partial charge in [0.15, 0.2) is 0 Å². The van der Waals surface area contributed by atoms with E-state index in [4.69, 9.17) is 11.5 Å². The molecule has 0 atom stereocenters. The van der Waals surface area contributed by atoms with Crippen molar-refractivity contribution in [3.63, 3.8) is 0 Å². The van der Waals surface area contributed by atoms with E-state index in [0.29, 0.717) is 34.1 Å². The first-order chi connectivity index (χ1) is 21.4. The van der Waals surface area contributed by atoms with E-state index in [2.05, 4.69) is 61.8 Å². The molecule has 226 valence electrons. The Morgan fingerprint density at radius 3 is 1.11 bits per heavy atom. The molecule has 0 amide bonds. The van der Waals surface area contributed by atoms with Gasteiger partial charge in [0.05, 0.1) is 13.2 Å². The van der Waals surface area contributed by atoms with Gasteiger partial charge in [-0.15, -0.1) is 0 Å². The van der Waals surface area contributed by atoms with Gasteiger partial charge in [-0.05, 0) is 54.6 Å². The first-order valence-electron chi connectivity index (χ1n) is 13.6. The molecule has 0 radical (unpaired) electrons. The average Bonchev–Trinajstić information content (AvgIpc) is 2.99. The van der Waals surface area contributed by atoms with Crippen molar-refractivity contribution < 1.29 is 10.2 Å². The predicted molar refractivity (Wildman–Crippen MR) is 172 cm³/mol. The SMILES string of the molecule is Nc1cccc(Nc2nc(NCCO)nc(Nc3cccc(Nc4nc(NCCO)nc(Nc5cccc(N)c5)n4)c3)n2)c1. The topological polar surface area (TPSA) is 242 Å². The second-order valence-corrected chi connectivity index (χ2v) is 9.24. The number of nitrogens with zero attached hydrogens (tertiary/aromatic N) is 6. The fourth-order valence-corrected chi connectivity index (χ4v) is 3.89. The largest absolute Gasteiger partial charge is 0.399 e. The summed E-state index contributed by atoms with van der Waals surface area (Å²) in [6.45, 7) is 0.336. The second kappa shape index (κ2) is 14.3. The second-order valence-electron chi connectivity index (χ2n) is 9.24. The monoisotopic (exact) mass is 596 g/mol. The Balaban J connectivity index is 1.36. The van der Waals surface area contributed by atoms with Crippen LogP contribution in [0.1, 0.15) is 0 Å². The van der Waals surface area contributed by atoms with Gasteiger partial charge in [-0.2, -0.15) is 29.9 Å². The minimum absolute atomic E-state index is 0.0922. The number of aliphatic hydroxyl groups excluding tert-OH is 2. The molecule has 5 aromatic rings. The van der Waals surface area contributed by atoms with Gasteiger partial charge in [0.25, 0.3) is 0 Å². The summed E-state index contributed by atoms with van der Waals surface area (Å²) in [4.78, 5) is 26.6. The maximum atomic E-state index is 9.26. The van der Waals surface area contributed by atoms with Gasteiger partial charge in [0.1, 0.15) is 0 Å². The van der Waals surface area contributed by atoms with Gasteiger partial charge in [-0.25, -0.2) is 0 Å². The number of nitrogens with one attached hydrogen (secondary N) is 6. The number of hydrogen-bond donors (Lipinski definition) is 10. The Bertz CT molecular complexity index is 1580. The van der Waals surface area contributed by atoms with Crippen LogP contribution in [0, 0.1) is 0 Å². The van der Waals surface area contributed by atoms with Crippen LogP contribution in [0.15, 0.2) is 72.8 Å². The van der Waals surface area contributed by atoms with E-state index in [9.17, 15) is 10.2 Å². The van der Waals surface area contributed by atoms with Gasteiger partial charge in [-0.3, -0.25) is 0 Å². The van der Waals surface area contributed by atoms with Gasteiger partial charge < -0.3 is 53.6 Å². The number of hydrogen-bond acceptors (Lipinski definition) is 16. The van der Waals surface area contributed by atoms with Crippen LogP contribution in [0.4, 0.5) is 69.8 Å². The molecule has 5 rings (SSSR count). The third-order valence-electron chi connectivity index (χ3n) is 5.72. The number of aromatic nitrogens is 6. The molecule has 0 aliphatic heterocycles. The fourth-order valence-electron chi connectivity index (χ4n) is 3.89. The van der Waals surface area contributed by atoms with Gasteiger partial charge >= 0.3 is 0 Å². The Labute approximate surface area is 252 Å². The van der Waals surface area contributed by atoms with E-state index in [1.54, 1.807) is 24.3 Å². The van der Waals surface area contributed by atoms with Crippen molar-refractivity contribution in [3.8, 4) is 0 Å². The van der Waals surface area contributed by atoms with Crippen molar-refractivity contribution in [2.75, 3.05) is 69.7 Å². The number of aliphatic hydroxyl groups is 2. The lowest BCUT2D eigenvalue weighted by Crippen LogP contribution is -2.12. The van der Waals surface area contributed by atoms with E-state index in [1.165, 1.54) is 0 Å². The lowest BCUT2D eigenvalue weighted by Gasteiger charge is -2.13. The van der Waals surface area contributed by atoms with E-state index >= 15 is 0 Å². The van der Waals surface area contributed by atoms with Gasteiger partial charge in [0.2, 0.25) is 35.7 Å². The smallest absolute Gasteiger partial charge is 0.233 e. The third-order valence-corrected chi connectivity index (χ3v) is 5.72. The first kappa shape index (κ1) is 29.5. The van der Waals surface area contributed by atoms with Crippen LogP contribution in [0.2, 0.25) is 0 Å². The molecule has 16 heteroatoms. The molecule has 0 saturated carbocycles. The highest BCUT2D eigenvalue weighted by Gasteiger charge is 2.11. The van der Waals surface area contributed by atoms with Crippen molar-refractivity contribution in [2.45, 2.75) is 0 Å². The zero-order valence-corrected chi connectivity index (χ0v) is 23.5. The molecule has 2 aromatic heterocycles. The highest BCUT2D eigenvalue weighted by atomic mass is 16.3. The highest BCUT2D eigenvalue weighted by molar-refractivity contribution is 5.67. The normalized spacial score (nSPS) is 10.6. The summed E-state index contributed by atoms with van der Waals surface area (Å²) in [5.41, 5.74) is 15.7. The van der Waals surface area contributed by atoms with E-state index in [-0.39, 0.29) is 62.0 Å². The number of anilines is 12. The molecule has 0 bridgehead atoms. The Morgan fingerprint density at radius 1 is 0.455 bits per heavy atom. The summed E-state index contributed by atoms with van der Waals surface area (Å²) in [6.07, 6.45) is 0. The fraction of sp³-hybridized carbons (Fsp3) is 0.143. The number of rotatable bonds is 14. The zero-order chi connectivity index (χ0) is 30.7. The van der Waals surface area contributed by atoms with Crippen LogP contribution in [0.25, 0.3) is 0 Å². The molecule has 16 nitrogen and oxygen atoms in total. The molecule has 0 aliphatic carbocycles. The van der Waals surface area contributed by atoms with Gasteiger partial charge in [-0.1, -0.05) is 18.2 Å². The predicted octanol–water partition coefficient (Wildman–Crippen LogP) is 3.00. The molecule has 2 heterocycles. The van der Waals surface area contributed by atoms with Crippen LogP contribution < -0.4 is 43.4 Å². The minimum atomic E-state index is -0.0922. The molecule has 0 aliphatic rings. The Morgan fingerprint density at radius 2 is 0.773 bits per heavy atom. The Hall–Kier alpha value is -6.00. The van der Waals surface area contributed by atoms with Crippen LogP contribution >= 0.6 is 0 Å². The van der Waals surface area contributed by atoms with Crippen molar-refractivity contribution >= 4 is 69.8 Å². The average molecular weight is 597 g/mol. The van der Waals surface area contributed by atoms with Crippen molar-refractivity contribution in [1.29, 1.82) is 0 Å². The first-order valence-corrected chi connectivity index (χ1v) is 13.6. The molecule has 44 heavy (non-hydrogen) atoms. The van der Waals surface area contributed by atoms with Crippen molar-refractivity contribution in [1.82, 2.24) is 29.9 Å². The minimum Gasteiger partial charge on any atom is -0.399 e. The van der Waals surface area contributed by atoms with Crippen LogP contribution in [0.3, 0.4) is 0 Å². The highest BCUT2D eigenvalue weighted by Crippen LogP contribution is 2.24. The molecule has 0 unspecified atom stereocenters. The molecule has 0 spiro atoms. The summed E-state index contributed by atoms with van der Waals surface area (Å²) >= 11 is 0. The molecule has 12 N–H and O–H groups in total. The van der Waals surface area contributed by atoms with E-state index in [0.717, 1.165) is 0 Å². The molecule has 0 saturated heterocycles. The van der Waals surface area contributed by atoms with Crippen LogP contribution in [-0.2, 0) is 0 Å². The summed E-state index contributed by atoms with van der Waals surface area (Å²) < 4.78 is 0. The number of benzene rings is 3. The van der Waals surface area contributed by atoms with Gasteiger partial charge in [0, 0.05) is 47.2 Å². The summed E-state index contributed by atoms with van der Waals surface area (Å²) in [5, 5.41) is 37.1. The van der Waals surface area contributed by atoms with Crippen molar-refractivity contribution in [2.24, 2.45) is 0 Å². The number of nitrogens with two attached hydrogens (primary N) is 2. The maximum absolute atomic E-state index is 9.26. The van der Waals surface area contributed by atoms with Crippen LogP contribution in [-0.4, -0.2) is 66.4 Å². The van der Waals surface area contributed by atoms with Crippen LogP contribution in [0.5, 0.6) is 0 Å². The van der Waals surface area contributed by atoms with Crippen molar-refractivity contribution in [3.05, 3.63) is 72.8 Å². The van der Waals surface area contributed by atoms with E-state index in [1.807, 2.05) is 48.5 Å². The Kier molecular flexibility index (Phi) is 9.55. The lowest BCUT2D eigenvalue weighted by atomic mass is 10.3. The quantitative estimate of drug-likeness (QED) is 0.0828. The maximum Gasteiger partial charge on any atom is 0.233 e. The summed E-state index contributed by atoms with van der Waals surface area (Å²) in [5.74, 6) is 1.60. The molecular weight excluding hydrogens is 564 g/mol. The van der Waals surface area contributed by atoms with E-state index < -0.39 is 0 Å². The standard InChI is InChI=1S/C28H32N14O2/c29-17-4-1-6-19(14-17)33-25-37-23(31-10-12-43)39-27(41-25)35-21-8-3-9-22(16-21)36-28-40-24(32-11-13-44)38-26(42-28)34-20-7-2-5-18(30)15-20/h1-9,14-16,43-44H,10-13,29-30H2,(H3,31,33,35,37,39,41)(H3,32,34,36,38,40,42). The lowest BCUT2D eigenvalue weighted by molar-refractivity contribution is 0.310. The zero-order valence-electron chi connectivity index (χ0n) is 23.5. The number of nitrogen functional groups attached to an aromatic ring is 2. The molecular formula is C28H32N14O2. The summed E-state index contributed by atoms with van der Waals surface area (Å²) in [6, 6.07) is 21.7. The third kappa shape index (κ3) is 8.51. The summed E-state index contributed by atoms with van der Waals surface area (Å²) in [7, 11) is 0. The molecule has 3 aromatic carbocycles.